The van der Waals surface area contributed by atoms with Crippen LogP contribution in [0.2, 0.25) is 0 Å². The van der Waals surface area contributed by atoms with Gasteiger partial charge in [-0.1, -0.05) is 107 Å². The zero-order chi connectivity index (χ0) is 16.8. The average molecular weight is 380 g/mol. The van der Waals surface area contributed by atoms with Gasteiger partial charge in [-0.05, 0) is 23.7 Å². The fourth-order valence-electron chi connectivity index (χ4n) is 3.49. The molecular formula is C22H22BrN. The predicted octanol–water partition coefficient (Wildman–Crippen LogP) is 5.31. The standard InChI is InChI=1S/C22H22BrN/c1-24(18-17-23)22(19-11-5-2-6-12-19,20-13-7-3-8-14-20)21-15-9-4-10-16-21/h2-16H,17-18H2,1H3. The molecule has 0 amide bonds. The number of rotatable bonds is 6. The number of alkyl halides is 1. The van der Waals surface area contributed by atoms with Crippen molar-refractivity contribution in [2.45, 2.75) is 5.54 Å². The van der Waals surface area contributed by atoms with Crippen molar-refractivity contribution in [1.29, 1.82) is 0 Å². The fraction of sp³-hybridized carbons (Fsp3) is 0.182. The summed E-state index contributed by atoms with van der Waals surface area (Å²) in [5, 5.41) is 0.928. The van der Waals surface area contributed by atoms with Gasteiger partial charge in [-0.3, -0.25) is 4.90 Å². The molecule has 2 heteroatoms. The molecule has 3 rings (SSSR count). The van der Waals surface area contributed by atoms with Gasteiger partial charge in [-0.2, -0.15) is 0 Å². The number of benzene rings is 3. The van der Waals surface area contributed by atoms with Crippen molar-refractivity contribution in [2.75, 3.05) is 18.9 Å². The van der Waals surface area contributed by atoms with Crippen LogP contribution in [0.15, 0.2) is 91.0 Å². The van der Waals surface area contributed by atoms with Gasteiger partial charge in [-0.15, -0.1) is 0 Å². The van der Waals surface area contributed by atoms with Gasteiger partial charge >= 0.3 is 0 Å². The lowest BCUT2D eigenvalue weighted by Gasteiger charge is -2.43. The minimum Gasteiger partial charge on any atom is -0.288 e. The second-order valence-corrected chi connectivity index (χ2v) is 6.71. The highest BCUT2D eigenvalue weighted by Crippen LogP contribution is 2.41. The first-order valence-corrected chi connectivity index (χ1v) is 9.36. The zero-order valence-corrected chi connectivity index (χ0v) is 15.5. The maximum absolute atomic E-state index is 3.62. The van der Waals surface area contributed by atoms with E-state index >= 15 is 0 Å². The number of halogens is 1. The molecule has 0 fully saturated rings. The normalized spacial score (nSPS) is 11.6. The second-order valence-electron chi connectivity index (χ2n) is 5.92. The van der Waals surface area contributed by atoms with Gasteiger partial charge in [0.25, 0.3) is 0 Å². The minimum absolute atomic E-state index is 0.308. The maximum Gasteiger partial charge on any atom is 0.0970 e. The van der Waals surface area contributed by atoms with E-state index in [1.807, 2.05) is 0 Å². The van der Waals surface area contributed by atoms with E-state index < -0.39 is 0 Å². The SMILES string of the molecule is CN(CCBr)C(c1ccccc1)(c1ccccc1)c1ccccc1. The van der Waals surface area contributed by atoms with Crippen LogP contribution in [-0.4, -0.2) is 23.8 Å². The Balaban J connectivity index is 2.33. The van der Waals surface area contributed by atoms with Crippen LogP contribution >= 0.6 is 15.9 Å². The molecule has 0 saturated carbocycles. The molecule has 0 aliphatic heterocycles. The first-order valence-electron chi connectivity index (χ1n) is 8.24. The molecule has 0 unspecified atom stereocenters. The summed E-state index contributed by atoms with van der Waals surface area (Å²) >= 11 is 3.62. The van der Waals surface area contributed by atoms with E-state index in [0.29, 0.717) is 0 Å². The van der Waals surface area contributed by atoms with Crippen LogP contribution in [-0.2, 0) is 5.54 Å². The Labute approximate surface area is 153 Å². The van der Waals surface area contributed by atoms with Crippen molar-refractivity contribution < 1.29 is 0 Å². The predicted molar refractivity (Wildman–Crippen MR) is 106 cm³/mol. The molecule has 0 heterocycles. The van der Waals surface area contributed by atoms with Gasteiger partial charge in [0.1, 0.15) is 0 Å². The third kappa shape index (κ3) is 3.04. The van der Waals surface area contributed by atoms with Gasteiger partial charge in [-0.25, -0.2) is 0 Å². The summed E-state index contributed by atoms with van der Waals surface area (Å²) in [6.45, 7) is 0.943. The minimum atomic E-state index is -0.308. The lowest BCUT2D eigenvalue weighted by Crippen LogP contribution is -2.46. The van der Waals surface area contributed by atoms with Gasteiger partial charge in [0.2, 0.25) is 0 Å². The van der Waals surface area contributed by atoms with Crippen molar-refractivity contribution in [2.24, 2.45) is 0 Å². The van der Waals surface area contributed by atoms with Gasteiger partial charge in [0.15, 0.2) is 0 Å². The van der Waals surface area contributed by atoms with Crippen LogP contribution < -0.4 is 0 Å². The smallest absolute Gasteiger partial charge is 0.0970 e. The Morgan fingerprint density at radius 1 is 0.667 bits per heavy atom. The molecule has 0 aromatic heterocycles. The van der Waals surface area contributed by atoms with E-state index in [0.717, 1.165) is 11.9 Å². The van der Waals surface area contributed by atoms with E-state index in [4.69, 9.17) is 0 Å². The molecule has 0 N–H and O–H groups in total. The summed E-state index contributed by atoms with van der Waals surface area (Å²) in [6.07, 6.45) is 0. The molecule has 0 aliphatic rings. The van der Waals surface area contributed by atoms with Crippen molar-refractivity contribution >= 4 is 15.9 Å². The summed E-state index contributed by atoms with van der Waals surface area (Å²) in [4.78, 5) is 2.43. The van der Waals surface area contributed by atoms with Crippen LogP contribution in [0.4, 0.5) is 0 Å². The van der Waals surface area contributed by atoms with Crippen LogP contribution in [0.1, 0.15) is 16.7 Å². The molecule has 24 heavy (non-hydrogen) atoms. The summed E-state index contributed by atoms with van der Waals surface area (Å²) in [6, 6.07) is 32.3. The Morgan fingerprint density at radius 2 is 1.00 bits per heavy atom. The highest BCUT2D eigenvalue weighted by atomic mass is 79.9. The Bertz CT molecular complexity index is 644. The van der Waals surface area contributed by atoms with E-state index in [1.54, 1.807) is 0 Å². The van der Waals surface area contributed by atoms with E-state index in [2.05, 4.69) is 119 Å². The molecule has 3 aromatic carbocycles. The molecule has 0 aliphatic carbocycles. The lowest BCUT2D eigenvalue weighted by molar-refractivity contribution is 0.212. The molecule has 3 aromatic rings. The van der Waals surface area contributed by atoms with Crippen molar-refractivity contribution in [1.82, 2.24) is 4.90 Å². The molecule has 122 valence electrons. The quantitative estimate of drug-likeness (QED) is 0.414. The highest BCUT2D eigenvalue weighted by molar-refractivity contribution is 9.09. The number of nitrogens with zero attached hydrogens (tertiary/aromatic N) is 1. The topological polar surface area (TPSA) is 3.24 Å². The average Bonchev–Trinajstić information content (AvgIpc) is 2.65. The largest absolute Gasteiger partial charge is 0.288 e. The zero-order valence-electron chi connectivity index (χ0n) is 13.9. The van der Waals surface area contributed by atoms with Crippen LogP contribution in [0.3, 0.4) is 0 Å². The summed E-state index contributed by atoms with van der Waals surface area (Å²) < 4.78 is 0. The fourth-order valence-corrected chi connectivity index (χ4v) is 4.03. The van der Waals surface area contributed by atoms with Crippen molar-refractivity contribution in [3.63, 3.8) is 0 Å². The Hall–Kier alpha value is -1.90. The first-order chi connectivity index (χ1) is 11.8. The monoisotopic (exact) mass is 379 g/mol. The van der Waals surface area contributed by atoms with Gasteiger partial charge in [0, 0.05) is 11.9 Å². The maximum atomic E-state index is 3.62. The van der Waals surface area contributed by atoms with E-state index in [1.165, 1.54) is 16.7 Å². The molecule has 0 spiro atoms. The molecule has 0 saturated heterocycles. The highest BCUT2D eigenvalue weighted by Gasteiger charge is 2.39. The molecular weight excluding hydrogens is 358 g/mol. The van der Waals surface area contributed by atoms with Crippen LogP contribution in [0, 0.1) is 0 Å². The Kier molecular flexibility index (Phi) is 5.49. The second kappa shape index (κ2) is 7.78. The molecule has 0 radical (unpaired) electrons. The van der Waals surface area contributed by atoms with Crippen molar-refractivity contribution in [3.8, 4) is 0 Å². The van der Waals surface area contributed by atoms with Crippen LogP contribution in [0.5, 0.6) is 0 Å². The Morgan fingerprint density at radius 3 is 1.29 bits per heavy atom. The molecule has 0 bridgehead atoms. The van der Waals surface area contributed by atoms with Crippen LogP contribution in [0.25, 0.3) is 0 Å². The summed E-state index contributed by atoms with van der Waals surface area (Å²) in [5.41, 5.74) is 3.54. The summed E-state index contributed by atoms with van der Waals surface area (Å²) in [7, 11) is 2.20. The number of hydrogen-bond donors (Lipinski definition) is 0. The van der Waals surface area contributed by atoms with Crippen molar-refractivity contribution in [3.05, 3.63) is 108 Å². The van der Waals surface area contributed by atoms with E-state index in [9.17, 15) is 0 Å². The van der Waals surface area contributed by atoms with E-state index in [-0.39, 0.29) is 5.54 Å². The first kappa shape index (κ1) is 16.9. The third-order valence-corrected chi connectivity index (χ3v) is 4.92. The lowest BCUT2D eigenvalue weighted by atomic mass is 9.76. The molecule has 1 nitrogen and oxygen atoms in total. The molecule has 0 atom stereocenters. The number of hydrogen-bond acceptors (Lipinski definition) is 1. The summed E-state index contributed by atoms with van der Waals surface area (Å²) in [5.74, 6) is 0. The van der Waals surface area contributed by atoms with Gasteiger partial charge < -0.3 is 0 Å². The third-order valence-electron chi connectivity index (χ3n) is 4.57. The van der Waals surface area contributed by atoms with Gasteiger partial charge in [0.05, 0.1) is 5.54 Å².